The molecule has 1 heterocycles. The molecule has 26 heavy (non-hydrogen) atoms. The molecule has 0 bridgehead atoms. The SMILES string of the molecule is CCC(C)Nc1cc(Nc2ccc(C#N)cc2)nc(-c2ccccc2)n1. The lowest BCUT2D eigenvalue weighted by atomic mass is 10.2. The summed E-state index contributed by atoms with van der Waals surface area (Å²) in [4.78, 5) is 9.30. The Morgan fingerprint density at radius 3 is 2.35 bits per heavy atom. The van der Waals surface area contributed by atoms with Gasteiger partial charge in [0.05, 0.1) is 11.6 Å². The van der Waals surface area contributed by atoms with Gasteiger partial charge in [0.15, 0.2) is 5.82 Å². The van der Waals surface area contributed by atoms with Crippen molar-refractivity contribution in [1.29, 1.82) is 5.26 Å². The summed E-state index contributed by atoms with van der Waals surface area (Å²) in [5.41, 5.74) is 2.46. The fraction of sp³-hybridized carbons (Fsp3) is 0.190. The summed E-state index contributed by atoms with van der Waals surface area (Å²) in [7, 11) is 0. The first-order valence-electron chi connectivity index (χ1n) is 8.66. The summed E-state index contributed by atoms with van der Waals surface area (Å²) in [6.07, 6.45) is 1.00. The molecule has 3 rings (SSSR count). The highest BCUT2D eigenvalue weighted by molar-refractivity contribution is 5.65. The molecule has 2 aromatic carbocycles. The maximum absolute atomic E-state index is 8.93. The van der Waals surface area contributed by atoms with Gasteiger partial charge in [-0.2, -0.15) is 5.26 Å². The van der Waals surface area contributed by atoms with Crippen molar-refractivity contribution in [2.75, 3.05) is 10.6 Å². The number of anilines is 3. The third-order valence-electron chi connectivity index (χ3n) is 4.05. The third kappa shape index (κ3) is 4.37. The smallest absolute Gasteiger partial charge is 0.163 e. The number of benzene rings is 2. The number of aromatic nitrogens is 2. The Balaban J connectivity index is 1.94. The highest BCUT2D eigenvalue weighted by atomic mass is 15.1. The van der Waals surface area contributed by atoms with Crippen LogP contribution in [-0.4, -0.2) is 16.0 Å². The molecule has 0 saturated heterocycles. The summed E-state index contributed by atoms with van der Waals surface area (Å²) in [6.45, 7) is 4.25. The normalized spacial score (nSPS) is 11.4. The van der Waals surface area contributed by atoms with Gasteiger partial charge >= 0.3 is 0 Å². The average molecular weight is 343 g/mol. The Hall–Kier alpha value is -3.39. The second-order valence-corrected chi connectivity index (χ2v) is 6.10. The van der Waals surface area contributed by atoms with Crippen LogP contribution in [0.1, 0.15) is 25.8 Å². The largest absolute Gasteiger partial charge is 0.367 e. The molecule has 2 N–H and O–H groups in total. The fourth-order valence-corrected chi connectivity index (χ4v) is 2.43. The predicted octanol–water partition coefficient (Wildman–Crippen LogP) is 4.97. The summed E-state index contributed by atoms with van der Waals surface area (Å²) in [5.74, 6) is 2.15. The van der Waals surface area contributed by atoms with E-state index in [4.69, 9.17) is 5.26 Å². The Kier molecular flexibility index (Phi) is 5.45. The lowest BCUT2D eigenvalue weighted by Gasteiger charge is -2.15. The van der Waals surface area contributed by atoms with Crippen LogP contribution in [0.2, 0.25) is 0 Å². The quantitative estimate of drug-likeness (QED) is 0.661. The minimum Gasteiger partial charge on any atom is -0.367 e. The lowest BCUT2D eigenvalue weighted by molar-refractivity contribution is 0.759. The first-order valence-corrected chi connectivity index (χ1v) is 8.66. The fourth-order valence-electron chi connectivity index (χ4n) is 2.43. The minimum absolute atomic E-state index is 0.316. The lowest BCUT2D eigenvalue weighted by Crippen LogP contribution is -2.15. The van der Waals surface area contributed by atoms with Gasteiger partial charge in [0.1, 0.15) is 11.6 Å². The summed E-state index contributed by atoms with van der Waals surface area (Å²) < 4.78 is 0. The van der Waals surface area contributed by atoms with Gasteiger partial charge in [0, 0.05) is 23.4 Å². The number of nitrogens with one attached hydrogen (secondary N) is 2. The van der Waals surface area contributed by atoms with Crippen molar-refractivity contribution in [3.8, 4) is 17.5 Å². The van der Waals surface area contributed by atoms with Crippen molar-refractivity contribution in [3.05, 3.63) is 66.2 Å². The molecule has 1 aromatic heterocycles. The first-order chi connectivity index (χ1) is 12.7. The van der Waals surface area contributed by atoms with Gasteiger partial charge in [-0.1, -0.05) is 37.3 Å². The van der Waals surface area contributed by atoms with Gasteiger partial charge in [0.25, 0.3) is 0 Å². The van der Waals surface area contributed by atoms with E-state index in [9.17, 15) is 0 Å². The van der Waals surface area contributed by atoms with Crippen LogP contribution in [0.5, 0.6) is 0 Å². The standard InChI is InChI=1S/C21H21N5/c1-3-15(2)23-19-13-20(24-18-11-9-16(14-22)10-12-18)26-21(25-19)17-7-5-4-6-8-17/h4-13,15H,3H2,1-2H3,(H2,23,24,25,26). The van der Waals surface area contributed by atoms with E-state index in [1.807, 2.05) is 48.5 Å². The molecule has 0 fully saturated rings. The first kappa shape index (κ1) is 17.4. The van der Waals surface area contributed by atoms with Crippen molar-refractivity contribution >= 4 is 17.3 Å². The van der Waals surface area contributed by atoms with E-state index in [0.29, 0.717) is 23.2 Å². The number of hydrogen-bond donors (Lipinski definition) is 2. The average Bonchev–Trinajstić information content (AvgIpc) is 2.69. The molecule has 1 unspecified atom stereocenters. The highest BCUT2D eigenvalue weighted by Crippen LogP contribution is 2.23. The molecule has 0 saturated carbocycles. The van der Waals surface area contributed by atoms with Crippen molar-refractivity contribution in [2.45, 2.75) is 26.3 Å². The van der Waals surface area contributed by atoms with Crippen molar-refractivity contribution in [2.24, 2.45) is 0 Å². The Labute approximate surface area is 153 Å². The predicted molar refractivity (Wildman–Crippen MR) is 105 cm³/mol. The second-order valence-electron chi connectivity index (χ2n) is 6.10. The van der Waals surface area contributed by atoms with E-state index in [1.54, 1.807) is 12.1 Å². The molecule has 0 radical (unpaired) electrons. The van der Waals surface area contributed by atoms with Crippen LogP contribution in [0.3, 0.4) is 0 Å². The van der Waals surface area contributed by atoms with Gasteiger partial charge in [-0.05, 0) is 37.6 Å². The van der Waals surface area contributed by atoms with Gasteiger partial charge in [-0.25, -0.2) is 9.97 Å². The molecule has 5 heteroatoms. The van der Waals surface area contributed by atoms with E-state index in [1.165, 1.54) is 0 Å². The number of rotatable bonds is 6. The Morgan fingerprint density at radius 1 is 1.00 bits per heavy atom. The van der Waals surface area contributed by atoms with Gasteiger partial charge in [-0.15, -0.1) is 0 Å². The summed E-state index contributed by atoms with van der Waals surface area (Å²) in [6, 6.07) is 21.5. The minimum atomic E-state index is 0.316. The maximum atomic E-state index is 8.93. The van der Waals surface area contributed by atoms with Crippen LogP contribution in [0, 0.1) is 11.3 Å². The zero-order valence-corrected chi connectivity index (χ0v) is 14.9. The zero-order chi connectivity index (χ0) is 18.4. The van der Waals surface area contributed by atoms with Crippen LogP contribution >= 0.6 is 0 Å². The molecule has 0 aliphatic heterocycles. The molecule has 130 valence electrons. The summed E-state index contributed by atoms with van der Waals surface area (Å²) in [5, 5.41) is 15.6. The number of nitriles is 1. The Morgan fingerprint density at radius 2 is 1.69 bits per heavy atom. The number of nitrogens with zero attached hydrogens (tertiary/aromatic N) is 3. The zero-order valence-electron chi connectivity index (χ0n) is 14.9. The maximum Gasteiger partial charge on any atom is 0.163 e. The van der Waals surface area contributed by atoms with E-state index >= 15 is 0 Å². The molecule has 1 atom stereocenters. The van der Waals surface area contributed by atoms with Crippen molar-refractivity contribution in [1.82, 2.24) is 9.97 Å². The van der Waals surface area contributed by atoms with Crippen LogP contribution < -0.4 is 10.6 Å². The number of hydrogen-bond acceptors (Lipinski definition) is 5. The molecule has 0 aliphatic rings. The van der Waals surface area contributed by atoms with Crippen LogP contribution in [0.15, 0.2) is 60.7 Å². The Bertz CT molecular complexity index is 898. The molecule has 3 aromatic rings. The summed E-state index contributed by atoms with van der Waals surface area (Å²) >= 11 is 0. The molecular formula is C21H21N5. The van der Waals surface area contributed by atoms with Crippen molar-refractivity contribution < 1.29 is 0 Å². The van der Waals surface area contributed by atoms with Gasteiger partial charge in [0.2, 0.25) is 0 Å². The monoisotopic (exact) mass is 343 g/mol. The second kappa shape index (κ2) is 8.13. The van der Waals surface area contributed by atoms with Crippen LogP contribution in [0.25, 0.3) is 11.4 Å². The van der Waals surface area contributed by atoms with E-state index in [0.717, 1.165) is 23.5 Å². The molecule has 0 amide bonds. The molecule has 0 aliphatic carbocycles. The molecular weight excluding hydrogens is 322 g/mol. The third-order valence-corrected chi connectivity index (χ3v) is 4.05. The molecule has 0 spiro atoms. The van der Waals surface area contributed by atoms with Crippen molar-refractivity contribution in [3.63, 3.8) is 0 Å². The van der Waals surface area contributed by atoms with E-state index in [2.05, 4.69) is 40.5 Å². The van der Waals surface area contributed by atoms with E-state index < -0.39 is 0 Å². The van der Waals surface area contributed by atoms with Gasteiger partial charge < -0.3 is 10.6 Å². The highest BCUT2D eigenvalue weighted by Gasteiger charge is 2.09. The van der Waals surface area contributed by atoms with E-state index in [-0.39, 0.29) is 0 Å². The topological polar surface area (TPSA) is 73.6 Å². The van der Waals surface area contributed by atoms with Gasteiger partial charge in [-0.3, -0.25) is 0 Å². The van der Waals surface area contributed by atoms with Crippen LogP contribution in [0.4, 0.5) is 17.3 Å². The van der Waals surface area contributed by atoms with Crippen LogP contribution in [-0.2, 0) is 0 Å². The molecule has 5 nitrogen and oxygen atoms in total.